The van der Waals surface area contributed by atoms with Gasteiger partial charge in [-0.3, -0.25) is 9.59 Å². The lowest BCUT2D eigenvalue weighted by atomic mass is 9.98. The van der Waals surface area contributed by atoms with Crippen LogP contribution in [0.1, 0.15) is 50.2 Å². The molecular formula is C22H24O3. The van der Waals surface area contributed by atoms with Crippen molar-refractivity contribution in [1.29, 1.82) is 0 Å². The molecule has 2 aromatic carbocycles. The average Bonchev–Trinajstić information content (AvgIpc) is 2.94. The maximum Gasteiger partial charge on any atom is 0.305 e. The normalized spacial score (nSPS) is 12.8. The minimum absolute atomic E-state index is 0.0301. The molecule has 0 aromatic heterocycles. The first-order valence-corrected chi connectivity index (χ1v) is 8.94. The molecule has 0 amide bonds. The monoisotopic (exact) mass is 336 g/mol. The molecule has 0 N–H and O–H groups in total. The lowest BCUT2D eigenvalue weighted by Crippen LogP contribution is -2.13. The number of rotatable bonds is 7. The van der Waals surface area contributed by atoms with Gasteiger partial charge in [-0.05, 0) is 28.7 Å². The van der Waals surface area contributed by atoms with Crippen molar-refractivity contribution in [2.24, 2.45) is 5.92 Å². The van der Waals surface area contributed by atoms with Crippen LogP contribution in [0.4, 0.5) is 0 Å². The summed E-state index contributed by atoms with van der Waals surface area (Å²) in [6.45, 7) is 4.12. The van der Waals surface area contributed by atoms with Crippen LogP contribution >= 0.6 is 0 Å². The number of carbonyl (C=O) groups is 2. The average molecular weight is 336 g/mol. The number of esters is 1. The molecule has 0 saturated carbocycles. The lowest BCUT2D eigenvalue weighted by Gasteiger charge is -2.14. The Kier molecular flexibility index (Phi) is 5.32. The van der Waals surface area contributed by atoms with E-state index >= 15 is 0 Å². The molecule has 0 bridgehead atoms. The molecule has 3 rings (SSSR count). The summed E-state index contributed by atoms with van der Waals surface area (Å²) < 4.78 is 5.53. The number of hydrogen-bond donors (Lipinski definition) is 0. The summed E-state index contributed by atoms with van der Waals surface area (Å²) in [7, 11) is 0. The summed E-state index contributed by atoms with van der Waals surface area (Å²) in [4.78, 5) is 23.7. The molecule has 130 valence electrons. The smallest absolute Gasteiger partial charge is 0.305 e. The Bertz CT molecular complexity index is 731. The van der Waals surface area contributed by atoms with E-state index in [4.69, 9.17) is 4.74 Å². The summed E-state index contributed by atoms with van der Waals surface area (Å²) in [5, 5.41) is 0. The summed E-state index contributed by atoms with van der Waals surface area (Å²) in [6, 6.07) is 16.6. The van der Waals surface area contributed by atoms with Gasteiger partial charge < -0.3 is 4.74 Å². The molecule has 0 unspecified atom stereocenters. The molecular weight excluding hydrogens is 312 g/mol. The predicted octanol–water partition coefficient (Wildman–Crippen LogP) is 4.74. The van der Waals surface area contributed by atoms with Gasteiger partial charge in [-0.2, -0.15) is 0 Å². The van der Waals surface area contributed by atoms with Crippen LogP contribution in [0.2, 0.25) is 0 Å². The third-order valence-corrected chi connectivity index (χ3v) is 4.82. The Hall–Kier alpha value is -2.42. The van der Waals surface area contributed by atoms with Crippen molar-refractivity contribution in [1.82, 2.24) is 0 Å². The molecule has 0 fully saturated rings. The van der Waals surface area contributed by atoms with Crippen LogP contribution in [-0.4, -0.2) is 18.4 Å². The van der Waals surface area contributed by atoms with E-state index < -0.39 is 0 Å². The van der Waals surface area contributed by atoms with E-state index in [1.54, 1.807) is 0 Å². The van der Waals surface area contributed by atoms with Gasteiger partial charge in [0.2, 0.25) is 0 Å². The number of benzene rings is 2. The van der Waals surface area contributed by atoms with Crippen LogP contribution in [0.3, 0.4) is 0 Å². The van der Waals surface area contributed by atoms with E-state index in [1.165, 1.54) is 22.3 Å². The Labute approximate surface area is 149 Å². The first-order valence-electron chi connectivity index (χ1n) is 8.94. The largest absolute Gasteiger partial charge is 0.465 e. The molecule has 0 heterocycles. The second-order valence-corrected chi connectivity index (χ2v) is 6.88. The Balaban J connectivity index is 1.60. The fraction of sp³-hybridized carbons (Fsp3) is 0.364. The number of hydrogen-bond acceptors (Lipinski definition) is 3. The lowest BCUT2D eigenvalue weighted by molar-refractivity contribution is -0.144. The van der Waals surface area contributed by atoms with Crippen molar-refractivity contribution in [2.75, 3.05) is 6.61 Å². The second kappa shape index (κ2) is 7.64. The van der Waals surface area contributed by atoms with Gasteiger partial charge in [0.25, 0.3) is 0 Å². The van der Waals surface area contributed by atoms with Gasteiger partial charge in [0.15, 0.2) is 0 Å². The van der Waals surface area contributed by atoms with Crippen molar-refractivity contribution >= 4 is 11.8 Å². The summed E-state index contributed by atoms with van der Waals surface area (Å²) in [5.74, 6) is 0.0982. The Morgan fingerprint density at radius 3 is 2.04 bits per heavy atom. The number of Topliss-reactive ketones (excluding diaryl/α,β-unsaturated/α-hetero) is 1. The minimum atomic E-state index is -0.224. The van der Waals surface area contributed by atoms with Gasteiger partial charge in [-0.15, -0.1) is 0 Å². The molecule has 3 nitrogen and oxygen atoms in total. The molecule has 3 heteroatoms. The third kappa shape index (κ3) is 3.81. The zero-order chi connectivity index (χ0) is 17.8. The van der Waals surface area contributed by atoms with Crippen LogP contribution in [0.5, 0.6) is 0 Å². The number of ether oxygens (including phenoxy) is 1. The van der Waals surface area contributed by atoms with Gasteiger partial charge in [-0.25, -0.2) is 0 Å². The number of fused-ring (bicyclic) bond motifs is 3. The van der Waals surface area contributed by atoms with Gasteiger partial charge in [-0.1, -0.05) is 62.4 Å². The van der Waals surface area contributed by atoms with Crippen LogP contribution in [0.15, 0.2) is 48.5 Å². The first-order chi connectivity index (χ1) is 12.1. The van der Waals surface area contributed by atoms with Gasteiger partial charge >= 0.3 is 5.97 Å². The molecule has 25 heavy (non-hydrogen) atoms. The Morgan fingerprint density at radius 1 is 0.920 bits per heavy atom. The zero-order valence-electron chi connectivity index (χ0n) is 14.8. The zero-order valence-corrected chi connectivity index (χ0v) is 14.8. The van der Waals surface area contributed by atoms with E-state index in [1.807, 2.05) is 38.1 Å². The molecule has 0 spiro atoms. The summed E-state index contributed by atoms with van der Waals surface area (Å²) in [5.41, 5.74) is 4.88. The highest BCUT2D eigenvalue weighted by Gasteiger charge is 2.28. The van der Waals surface area contributed by atoms with E-state index in [0.717, 1.165) is 0 Å². The maximum atomic E-state index is 12.0. The van der Waals surface area contributed by atoms with Crippen LogP contribution < -0.4 is 0 Å². The number of carbonyl (C=O) groups excluding carboxylic acids is 2. The number of ketones is 1. The van der Waals surface area contributed by atoms with E-state index in [9.17, 15) is 9.59 Å². The fourth-order valence-corrected chi connectivity index (χ4v) is 3.38. The molecule has 1 aliphatic rings. The van der Waals surface area contributed by atoms with Gasteiger partial charge in [0, 0.05) is 24.7 Å². The predicted molar refractivity (Wildman–Crippen MR) is 98.4 cm³/mol. The summed E-state index contributed by atoms with van der Waals surface area (Å²) in [6.07, 6.45) is 1.31. The van der Waals surface area contributed by atoms with Gasteiger partial charge in [0.1, 0.15) is 12.4 Å². The van der Waals surface area contributed by atoms with Gasteiger partial charge in [0.05, 0.1) is 0 Å². The van der Waals surface area contributed by atoms with Crippen LogP contribution in [0.25, 0.3) is 11.1 Å². The van der Waals surface area contributed by atoms with Crippen molar-refractivity contribution in [3.63, 3.8) is 0 Å². The molecule has 0 atom stereocenters. The highest BCUT2D eigenvalue weighted by atomic mass is 16.5. The van der Waals surface area contributed by atoms with Crippen LogP contribution in [0, 0.1) is 5.92 Å². The highest BCUT2D eigenvalue weighted by molar-refractivity contribution is 5.81. The molecule has 0 aliphatic heterocycles. The third-order valence-electron chi connectivity index (χ3n) is 4.82. The van der Waals surface area contributed by atoms with E-state index in [0.29, 0.717) is 25.9 Å². The van der Waals surface area contributed by atoms with Crippen LogP contribution in [-0.2, 0) is 14.3 Å². The SMILES string of the molecule is CC(C)C(=O)CCCC(=O)OCC1c2ccccc2-c2ccccc21. The first kappa shape index (κ1) is 17.4. The van der Waals surface area contributed by atoms with Crippen molar-refractivity contribution < 1.29 is 14.3 Å². The second-order valence-electron chi connectivity index (χ2n) is 6.88. The molecule has 0 radical (unpaired) electrons. The fourth-order valence-electron chi connectivity index (χ4n) is 3.38. The Morgan fingerprint density at radius 2 is 1.48 bits per heavy atom. The van der Waals surface area contributed by atoms with Crippen molar-refractivity contribution in [3.05, 3.63) is 59.7 Å². The van der Waals surface area contributed by atoms with E-state index in [2.05, 4.69) is 24.3 Å². The topological polar surface area (TPSA) is 43.4 Å². The molecule has 0 saturated heterocycles. The molecule has 1 aliphatic carbocycles. The summed E-state index contributed by atoms with van der Waals surface area (Å²) >= 11 is 0. The molecule has 2 aromatic rings. The standard InChI is InChI=1S/C22H24O3/c1-15(2)21(23)12-7-13-22(24)25-14-20-18-10-5-3-8-16(18)17-9-4-6-11-19(17)20/h3-6,8-11,15,20H,7,12-14H2,1-2H3. The van der Waals surface area contributed by atoms with Crippen molar-refractivity contribution in [2.45, 2.75) is 39.0 Å². The highest BCUT2D eigenvalue weighted by Crippen LogP contribution is 2.44. The van der Waals surface area contributed by atoms with E-state index in [-0.39, 0.29) is 23.6 Å². The quantitative estimate of drug-likeness (QED) is 0.686. The maximum absolute atomic E-state index is 12.0. The van der Waals surface area contributed by atoms with Crippen molar-refractivity contribution in [3.8, 4) is 11.1 Å². The minimum Gasteiger partial charge on any atom is -0.465 e.